The van der Waals surface area contributed by atoms with Gasteiger partial charge >= 0.3 is 5.97 Å². The fourth-order valence-corrected chi connectivity index (χ4v) is 2.22. The molecule has 0 saturated carbocycles. The summed E-state index contributed by atoms with van der Waals surface area (Å²) >= 11 is 0. The Balaban J connectivity index is 2.00. The van der Waals surface area contributed by atoms with Crippen LogP contribution in [0.5, 0.6) is 5.88 Å². The maximum Gasteiger partial charge on any atom is 0.309 e. The molecule has 3 rings (SSSR count). The molecule has 1 aromatic carbocycles. The molecule has 2 aromatic rings. The average molecular weight is 310 g/mol. The molecule has 2 N–H and O–H groups in total. The van der Waals surface area contributed by atoms with Gasteiger partial charge in [0.25, 0.3) is 0 Å². The summed E-state index contributed by atoms with van der Waals surface area (Å²) in [5.74, 6) is -0.457. The zero-order valence-corrected chi connectivity index (χ0v) is 12.6. The van der Waals surface area contributed by atoms with Crippen molar-refractivity contribution >= 4 is 41.4 Å². The molecule has 0 fully saturated rings. The lowest BCUT2D eigenvalue weighted by Crippen LogP contribution is -2.07. The number of benzene rings is 1. The van der Waals surface area contributed by atoms with Crippen LogP contribution in [0.3, 0.4) is 0 Å². The fraction of sp³-hybridized carbons (Fsp3) is 0.125. The number of H-pyrrole nitrogens is 1. The molecule has 7 nitrogen and oxygen atoms in total. The van der Waals surface area contributed by atoms with Crippen molar-refractivity contribution in [1.82, 2.24) is 9.97 Å². The Labute approximate surface area is 132 Å². The largest absolute Gasteiger partial charge is 0.405 e. The molecule has 7 heteroatoms. The van der Waals surface area contributed by atoms with Crippen LogP contribution >= 0.6 is 0 Å². The number of hydrogen-bond acceptors (Lipinski definition) is 5. The van der Waals surface area contributed by atoms with Crippen molar-refractivity contribution in [3.05, 3.63) is 35.5 Å². The number of anilines is 1. The molecule has 0 unspecified atom stereocenters. The van der Waals surface area contributed by atoms with Gasteiger partial charge in [-0.25, -0.2) is 0 Å². The molecule has 0 spiro atoms. The van der Waals surface area contributed by atoms with E-state index in [2.05, 4.69) is 20.3 Å². The number of nitrogens with zero attached hydrogens (tertiary/aromatic N) is 2. The van der Waals surface area contributed by atoms with Crippen LogP contribution < -0.4 is 10.1 Å². The predicted molar refractivity (Wildman–Crippen MR) is 86.7 cm³/mol. The first-order valence-corrected chi connectivity index (χ1v) is 6.94. The number of imidazole rings is 1. The van der Waals surface area contributed by atoms with Gasteiger partial charge in [-0.05, 0) is 12.1 Å². The van der Waals surface area contributed by atoms with Gasteiger partial charge in [0.1, 0.15) is 5.69 Å². The molecule has 1 aliphatic rings. The number of hydrogen-bond donors (Lipinski definition) is 2. The van der Waals surface area contributed by atoms with Crippen LogP contribution in [0.4, 0.5) is 11.6 Å². The number of amides is 1. The van der Waals surface area contributed by atoms with Crippen molar-refractivity contribution in [1.29, 1.82) is 0 Å². The molecule has 116 valence electrons. The second-order valence-corrected chi connectivity index (χ2v) is 4.95. The van der Waals surface area contributed by atoms with Gasteiger partial charge in [0, 0.05) is 31.2 Å². The minimum Gasteiger partial charge on any atom is -0.405 e. The van der Waals surface area contributed by atoms with Gasteiger partial charge in [-0.15, -0.1) is 0 Å². The minimum absolute atomic E-state index is 0.103. The number of carbonyl (C=O) groups is 2. The lowest BCUT2D eigenvalue weighted by molar-refractivity contribution is -0.132. The van der Waals surface area contributed by atoms with Gasteiger partial charge in [0.15, 0.2) is 0 Å². The van der Waals surface area contributed by atoms with Crippen LogP contribution in [-0.4, -0.2) is 28.1 Å². The molecule has 0 atom stereocenters. The first-order chi connectivity index (χ1) is 11.0. The van der Waals surface area contributed by atoms with Gasteiger partial charge in [0.05, 0.1) is 5.69 Å². The first kappa shape index (κ1) is 14.7. The summed E-state index contributed by atoms with van der Waals surface area (Å²) in [6.45, 7) is 2.65. The summed E-state index contributed by atoms with van der Waals surface area (Å²) in [5.41, 5.74) is 3.17. The van der Waals surface area contributed by atoms with Crippen LogP contribution in [0.1, 0.15) is 25.1 Å². The van der Waals surface area contributed by atoms with Crippen LogP contribution in [0.25, 0.3) is 11.6 Å². The third-order valence-electron chi connectivity index (χ3n) is 3.09. The number of fused-ring (bicyclic) bond motifs is 1. The summed E-state index contributed by atoms with van der Waals surface area (Å²) in [6.07, 6.45) is 3.49. The van der Waals surface area contributed by atoms with Crippen molar-refractivity contribution in [3.63, 3.8) is 0 Å². The van der Waals surface area contributed by atoms with Crippen molar-refractivity contribution < 1.29 is 14.3 Å². The van der Waals surface area contributed by atoms with Crippen molar-refractivity contribution in [3.8, 4) is 5.88 Å². The Hall–Kier alpha value is -3.22. The lowest BCUT2D eigenvalue weighted by atomic mass is 10.1. The summed E-state index contributed by atoms with van der Waals surface area (Å²) in [7, 11) is 0. The molecular weight excluding hydrogens is 296 g/mol. The van der Waals surface area contributed by atoms with Gasteiger partial charge < -0.3 is 9.72 Å². The van der Waals surface area contributed by atoms with E-state index in [1.54, 1.807) is 12.3 Å². The van der Waals surface area contributed by atoms with E-state index in [4.69, 9.17) is 4.74 Å². The summed E-state index contributed by atoms with van der Waals surface area (Å²) in [4.78, 5) is 33.7. The van der Waals surface area contributed by atoms with E-state index >= 15 is 0 Å². The highest BCUT2D eigenvalue weighted by molar-refractivity contribution is 6.21. The van der Waals surface area contributed by atoms with E-state index < -0.39 is 5.97 Å². The lowest BCUT2D eigenvalue weighted by Gasteiger charge is -2.00. The maximum absolute atomic E-state index is 11.2. The predicted octanol–water partition coefficient (Wildman–Crippen LogP) is 2.55. The topological polar surface area (TPSA) is 96.4 Å². The molecule has 1 amide bonds. The van der Waals surface area contributed by atoms with E-state index in [1.807, 2.05) is 24.3 Å². The number of nitrogens with one attached hydrogen (secondary N) is 2. The number of esters is 1. The highest BCUT2D eigenvalue weighted by Gasteiger charge is 2.16. The van der Waals surface area contributed by atoms with Crippen LogP contribution in [0, 0.1) is 0 Å². The maximum atomic E-state index is 11.2. The summed E-state index contributed by atoms with van der Waals surface area (Å²) < 4.78 is 5.08. The molecule has 1 aromatic heterocycles. The monoisotopic (exact) mass is 310 g/mol. The van der Waals surface area contributed by atoms with E-state index in [0.717, 1.165) is 16.8 Å². The molecular formula is C16H14N4O3. The Morgan fingerprint density at radius 3 is 2.78 bits per heavy atom. The Morgan fingerprint density at radius 2 is 2.04 bits per heavy atom. The first-order valence-electron chi connectivity index (χ1n) is 6.94. The number of carbonyl (C=O) groups excluding carboxylic acids is 2. The Kier molecular flexibility index (Phi) is 3.76. The summed E-state index contributed by atoms with van der Waals surface area (Å²) in [5, 5.41) is 2.52. The van der Waals surface area contributed by atoms with E-state index in [9.17, 15) is 9.59 Å². The van der Waals surface area contributed by atoms with Crippen LogP contribution in [0.15, 0.2) is 29.3 Å². The SMILES string of the molecule is CC(=O)Nc1nc(OC(C)=O)c(/C=C2\C=Nc3ccccc32)[nH]1. The molecule has 0 aliphatic carbocycles. The van der Waals surface area contributed by atoms with E-state index in [0.29, 0.717) is 5.69 Å². The molecule has 23 heavy (non-hydrogen) atoms. The van der Waals surface area contributed by atoms with Crippen molar-refractivity contribution in [2.75, 3.05) is 5.32 Å². The standard InChI is InChI=1S/C16H14N4O3/c1-9(21)18-16-19-14(15(20-16)23-10(2)22)7-11-8-17-13-6-4-3-5-12(11)13/h3-8H,1-2H3,(H2,18,19,20,21)/b11-7+. The highest BCUT2D eigenvalue weighted by Crippen LogP contribution is 2.33. The molecule has 0 radical (unpaired) electrons. The van der Waals surface area contributed by atoms with Crippen molar-refractivity contribution in [2.24, 2.45) is 4.99 Å². The molecule has 0 saturated heterocycles. The zero-order chi connectivity index (χ0) is 16.4. The van der Waals surface area contributed by atoms with E-state index in [1.165, 1.54) is 13.8 Å². The smallest absolute Gasteiger partial charge is 0.309 e. The van der Waals surface area contributed by atoms with Gasteiger partial charge in [-0.1, -0.05) is 18.2 Å². The number of allylic oxidation sites excluding steroid dienone is 1. The number of aromatic nitrogens is 2. The highest BCUT2D eigenvalue weighted by atomic mass is 16.5. The Morgan fingerprint density at radius 1 is 1.26 bits per heavy atom. The number of rotatable bonds is 3. The second-order valence-electron chi connectivity index (χ2n) is 4.95. The molecule has 0 bridgehead atoms. The number of para-hydroxylation sites is 1. The van der Waals surface area contributed by atoms with Gasteiger partial charge in [0.2, 0.25) is 17.7 Å². The third kappa shape index (κ3) is 3.18. The minimum atomic E-state index is -0.494. The quantitative estimate of drug-likeness (QED) is 0.851. The number of aliphatic imine (C=N–C) groups is 1. The van der Waals surface area contributed by atoms with Gasteiger partial charge in [-0.2, -0.15) is 4.98 Å². The average Bonchev–Trinajstić information content (AvgIpc) is 3.03. The van der Waals surface area contributed by atoms with Crippen LogP contribution in [-0.2, 0) is 9.59 Å². The molecule has 1 aliphatic heterocycles. The second kappa shape index (κ2) is 5.88. The van der Waals surface area contributed by atoms with Crippen LogP contribution in [0.2, 0.25) is 0 Å². The van der Waals surface area contributed by atoms with Crippen molar-refractivity contribution in [2.45, 2.75) is 13.8 Å². The summed E-state index contributed by atoms with van der Waals surface area (Å²) in [6, 6.07) is 7.69. The third-order valence-corrected chi connectivity index (χ3v) is 3.09. The zero-order valence-electron chi connectivity index (χ0n) is 12.6. The normalized spacial score (nSPS) is 13.9. The van der Waals surface area contributed by atoms with Gasteiger partial charge in [-0.3, -0.25) is 19.9 Å². The number of ether oxygens (including phenoxy) is 1. The number of aromatic amines is 1. The molecule has 2 heterocycles. The Bertz CT molecular complexity index is 849. The van der Waals surface area contributed by atoms with E-state index in [-0.39, 0.29) is 17.7 Å². The fourth-order valence-electron chi connectivity index (χ4n) is 2.22.